The molecule has 3 aliphatic rings. The van der Waals surface area contributed by atoms with Crippen molar-refractivity contribution in [2.24, 2.45) is 17.8 Å². The number of pyridine rings is 1. The van der Waals surface area contributed by atoms with Crippen LogP contribution < -0.4 is 5.32 Å². The number of ketones is 1. The predicted octanol–water partition coefficient (Wildman–Crippen LogP) is 5.89. The van der Waals surface area contributed by atoms with Crippen LogP contribution in [0, 0.1) is 17.8 Å². The molecule has 2 unspecified atom stereocenters. The fraction of sp³-hybridized carbons (Fsp3) is 0.733. The van der Waals surface area contributed by atoms with E-state index in [9.17, 15) is 23.4 Å². The molecule has 0 bridgehead atoms. The number of cyclic esters (lactones) is 1. The third kappa shape index (κ3) is 12.4. The van der Waals surface area contributed by atoms with Crippen molar-refractivity contribution in [3.05, 3.63) is 43.2 Å². The molecule has 3 aliphatic heterocycles. The Bertz CT molecular complexity index is 1780. The van der Waals surface area contributed by atoms with E-state index < -0.39 is 71.5 Å². The van der Waals surface area contributed by atoms with E-state index in [2.05, 4.69) is 34.1 Å². The maximum absolute atomic E-state index is 14.5. The average Bonchev–Trinajstić information content (AvgIpc) is 3.84. The molecule has 63 heavy (non-hydrogen) atoms. The maximum Gasteiger partial charge on any atom is 0.410 e. The number of likely N-dealkylation sites (N-methyl/N-ethyl adjacent to an activating group) is 1. The first-order chi connectivity index (χ1) is 29.9. The summed E-state index contributed by atoms with van der Waals surface area (Å²) in [5.41, 5.74) is -0.923. The fourth-order valence-electron chi connectivity index (χ4n) is 9.59. The van der Waals surface area contributed by atoms with Gasteiger partial charge in [0.2, 0.25) is 0 Å². The Balaban J connectivity index is 0.00000282. The maximum atomic E-state index is 14.5. The molecule has 0 radical (unpaired) electrons. The van der Waals surface area contributed by atoms with Gasteiger partial charge in [0.1, 0.15) is 23.8 Å². The Morgan fingerprint density at radius 1 is 1.13 bits per heavy atom. The van der Waals surface area contributed by atoms with E-state index in [1.807, 2.05) is 71.1 Å². The molecule has 0 saturated carbocycles. The second kappa shape index (κ2) is 23.6. The highest BCUT2D eigenvalue weighted by molar-refractivity contribution is 7.93. The minimum absolute atomic E-state index is 0.0508. The van der Waals surface area contributed by atoms with Crippen molar-refractivity contribution in [3.8, 4) is 11.4 Å². The summed E-state index contributed by atoms with van der Waals surface area (Å²) >= 11 is 0.250. The molecular formula is C45H72FN7O9S. The van der Waals surface area contributed by atoms with Gasteiger partial charge < -0.3 is 39.0 Å². The van der Waals surface area contributed by atoms with Crippen LogP contribution in [-0.4, -0.2) is 153 Å². The first-order valence-electron chi connectivity index (χ1n) is 22.2. The number of hydrogen-bond donors (Lipinski definition) is 2. The number of carbonyl (C=O) groups excluding carboxylic acids is 3. The molecule has 354 valence electrons. The third-order valence-corrected chi connectivity index (χ3v) is 12.8. The molecule has 1 amide bonds. The molecule has 2 aromatic heterocycles. The van der Waals surface area contributed by atoms with E-state index >= 15 is 0 Å². The van der Waals surface area contributed by atoms with Gasteiger partial charge in [0.15, 0.2) is 17.7 Å². The number of aryl methyl sites for hydroxylation is 1. The minimum atomic E-state index is -1.24. The fourth-order valence-corrected chi connectivity index (χ4v) is 9.59. The number of aliphatic hydroxyl groups is 1. The SMILES string of the molecule is C=CC[C@@]1(OC)C[C@@H](C)CN[C@H](C)[C@H]2N(CCCCn3cc(-c4ccccn4)nn3)C(=O)O[C@]2(C)[C@@H](CC)OC(=O)[C@H](C)C(=O)[C@H](C)[C@H]1O[C@@H]1O[C@H](C)CC(N(C)C)C1O.CSF. The summed E-state index contributed by atoms with van der Waals surface area (Å²) < 4.78 is 43.8. The summed E-state index contributed by atoms with van der Waals surface area (Å²) in [5, 5.41) is 23.8. The number of unbranched alkanes of at least 4 members (excludes halogenated alkanes) is 1. The molecule has 3 saturated heterocycles. The van der Waals surface area contributed by atoms with E-state index in [1.165, 1.54) is 13.2 Å². The Hall–Kier alpha value is -3.52. The van der Waals surface area contributed by atoms with Crippen molar-refractivity contribution >= 4 is 30.0 Å². The number of aliphatic hydroxyl groups excluding tert-OH is 1. The molecule has 16 nitrogen and oxygen atoms in total. The number of esters is 1. The van der Waals surface area contributed by atoms with E-state index in [0.29, 0.717) is 63.9 Å². The molecule has 0 spiro atoms. The van der Waals surface area contributed by atoms with Crippen LogP contribution in [0.15, 0.2) is 43.2 Å². The molecular weight excluding hydrogens is 834 g/mol. The van der Waals surface area contributed by atoms with Crippen LogP contribution in [-0.2, 0) is 39.8 Å². The largest absolute Gasteiger partial charge is 0.458 e. The zero-order valence-electron chi connectivity index (χ0n) is 39.1. The van der Waals surface area contributed by atoms with Crippen LogP contribution in [0.4, 0.5) is 8.68 Å². The Labute approximate surface area is 377 Å². The predicted molar refractivity (Wildman–Crippen MR) is 239 cm³/mol. The number of carbonyl (C=O) groups is 3. The Morgan fingerprint density at radius 3 is 2.44 bits per heavy atom. The first kappa shape index (κ1) is 52.1. The molecule has 5 rings (SSSR count). The standard InChI is InChI=1S/C44H69N7O9.CH3FS/c1-12-19-44(56-11)24-27(3)25-46-31(7)38-43(8,60-42(55)51(38)22-17-16-21-50-26-33(47-48-50)32-18-14-15-20-45-32)35(13-2)58-40(54)30(6)36(52)29(5)39(44)59-41-37(53)34(49(9)10)23-28(4)57-41;1-3-2/h12,14-15,18,20,26-31,34-35,37-39,41,46,53H,1,13,16-17,19,21-25H2,2-11H3;1H3/t27-,28-,29+,30-,31-,34?,35-,37?,38-,39-,41+,43-,44-;/m1./s1. The number of nitrogens with one attached hydrogen (secondary N) is 1. The van der Waals surface area contributed by atoms with Crippen molar-refractivity contribution in [1.82, 2.24) is 35.1 Å². The summed E-state index contributed by atoms with van der Waals surface area (Å²) in [6.45, 7) is 18.5. The van der Waals surface area contributed by atoms with Crippen LogP contribution in [0.3, 0.4) is 0 Å². The van der Waals surface area contributed by atoms with Gasteiger partial charge in [0.05, 0.1) is 35.7 Å². The quantitative estimate of drug-likeness (QED) is 0.105. The van der Waals surface area contributed by atoms with E-state index in [4.69, 9.17) is 23.7 Å². The topological polar surface area (TPSA) is 180 Å². The van der Waals surface area contributed by atoms with Gasteiger partial charge in [-0.2, -0.15) is 3.89 Å². The summed E-state index contributed by atoms with van der Waals surface area (Å²) in [6.07, 6.45) is 5.13. The summed E-state index contributed by atoms with van der Waals surface area (Å²) in [7, 11) is 5.39. The van der Waals surface area contributed by atoms with Gasteiger partial charge in [-0.05, 0) is 105 Å². The summed E-state index contributed by atoms with van der Waals surface area (Å²) in [5.74, 6) is -3.29. The summed E-state index contributed by atoms with van der Waals surface area (Å²) in [4.78, 5) is 50.6. The molecule has 0 aromatic carbocycles. The second-order valence-corrected chi connectivity index (χ2v) is 18.1. The zero-order valence-corrected chi connectivity index (χ0v) is 39.9. The number of hydrogen-bond acceptors (Lipinski definition) is 15. The van der Waals surface area contributed by atoms with E-state index in [1.54, 1.807) is 35.9 Å². The number of fused-ring (bicyclic) bond motifs is 1. The summed E-state index contributed by atoms with van der Waals surface area (Å²) in [6, 6.07) is 4.55. The monoisotopic (exact) mass is 906 g/mol. The first-order valence-corrected chi connectivity index (χ1v) is 23.3. The second-order valence-electron chi connectivity index (χ2n) is 17.8. The number of methoxy groups -OCH3 is 1. The molecule has 3 fully saturated rings. The van der Waals surface area contributed by atoms with Crippen molar-refractivity contribution in [3.63, 3.8) is 0 Å². The number of nitrogens with zero attached hydrogens (tertiary/aromatic N) is 6. The van der Waals surface area contributed by atoms with Gasteiger partial charge >= 0.3 is 12.1 Å². The number of aromatic nitrogens is 4. The number of amides is 1. The number of halogens is 1. The Morgan fingerprint density at radius 2 is 1.83 bits per heavy atom. The molecule has 2 aromatic rings. The van der Waals surface area contributed by atoms with Crippen molar-refractivity contribution in [2.75, 3.05) is 40.6 Å². The number of ether oxygens (including phenoxy) is 5. The lowest BCUT2D eigenvalue weighted by Gasteiger charge is -2.47. The van der Waals surface area contributed by atoms with Crippen LogP contribution in [0.25, 0.3) is 11.4 Å². The van der Waals surface area contributed by atoms with Gasteiger partial charge in [-0.15, -0.1) is 11.7 Å². The van der Waals surface area contributed by atoms with Crippen molar-refractivity contribution in [2.45, 2.75) is 154 Å². The molecule has 5 heterocycles. The van der Waals surface area contributed by atoms with Crippen molar-refractivity contribution < 1.29 is 47.1 Å². The molecule has 0 aliphatic carbocycles. The lowest BCUT2D eigenvalue weighted by atomic mass is 9.75. The molecule has 18 heteroatoms. The van der Waals surface area contributed by atoms with Gasteiger partial charge in [-0.25, -0.2) is 4.79 Å². The van der Waals surface area contributed by atoms with E-state index in [-0.39, 0.29) is 36.3 Å². The average molecular weight is 906 g/mol. The highest BCUT2D eigenvalue weighted by Gasteiger charge is 2.59. The lowest BCUT2D eigenvalue weighted by Crippen LogP contribution is -2.61. The molecule has 13 atom stereocenters. The zero-order chi connectivity index (χ0) is 46.6. The van der Waals surface area contributed by atoms with Gasteiger partial charge in [0, 0.05) is 62.8 Å². The highest BCUT2D eigenvalue weighted by Crippen LogP contribution is 2.41. The van der Waals surface area contributed by atoms with Gasteiger partial charge in [-0.1, -0.05) is 38.1 Å². The van der Waals surface area contributed by atoms with E-state index in [0.717, 1.165) is 5.69 Å². The van der Waals surface area contributed by atoms with Crippen LogP contribution in [0.5, 0.6) is 0 Å². The lowest BCUT2D eigenvalue weighted by molar-refractivity contribution is -0.297. The number of Topliss-reactive ketones (excluding diaryl/α,β-unsaturated/α-hetero) is 1. The highest BCUT2D eigenvalue weighted by atomic mass is 32.2. The van der Waals surface area contributed by atoms with Gasteiger partial charge in [-0.3, -0.25) is 24.2 Å². The van der Waals surface area contributed by atoms with Crippen LogP contribution in [0.1, 0.15) is 87.0 Å². The van der Waals surface area contributed by atoms with Crippen molar-refractivity contribution in [1.29, 1.82) is 0 Å². The normalized spacial score (nSPS) is 34.5. The van der Waals surface area contributed by atoms with Crippen LogP contribution >= 0.6 is 12.1 Å². The number of rotatable bonds is 13. The Kier molecular flexibility index (Phi) is 19.5. The third-order valence-electron chi connectivity index (χ3n) is 12.8. The van der Waals surface area contributed by atoms with Crippen LogP contribution in [0.2, 0.25) is 0 Å². The smallest absolute Gasteiger partial charge is 0.410 e. The van der Waals surface area contributed by atoms with Gasteiger partial charge in [0.25, 0.3) is 0 Å². The minimum Gasteiger partial charge on any atom is -0.458 e. The molecule has 2 N–H and O–H groups in total.